The van der Waals surface area contributed by atoms with Crippen LogP contribution in [0.25, 0.3) is 0 Å². The van der Waals surface area contributed by atoms with E-state index in [4.69, 9.17) is 10.5 Å². The van der Waals surface area contributed by atoms with Crippen LogP contribution < -0.4 is 10.5 Å². The van der Waals surface area contributed by atoms with E-state index in [1.54, 1.807) is 12.1 Å². The maximum Gasteiger partial charge on any atom is 0.175 e. The molecule has 0 unspecified atom stereocenters. The van der Waals surface area contributed by atoms with Crippen LogP contribution in [-0.2, 0) is 16.4 Å². The van der Waals surface area contributed by atoms with Gasteiger partial charge >= 0.3 is 0 Å². The third-order valence-corrected chi connectivity index (χ3v) is 3.83. The minimum atomic E-state index is -3.34. The summed E-state index contributed by atoms with van der Waals surface area (Å²) in [7, 11) is -3.34. The van der Waals surface area contributed by atoms with Gasteiger partial charge in [0, 0.05) is 18.4 Å². The van der Waals surface area contributed by atoms with Crippen molar-refractivity contribution >= 4 is 9.84 Å². The first-order chi connectivity index (χ1) is 9.41. The quantitative estimate of drug-likeness (QED) is 0.940. The van der Waals surface area contributed by atoms with Crippen molar-refractivity contribution in [3.05, 3.63) is 53.8 Å². The van der Waals surface area contributed by atoms with Gasteiger partial charge in [-0.05, 0) is 24.3 Å². The van der Waals surface area contributed by atoms with Gasteiger partial charge in [0.25, 0.3) is 0 Å². The van der Waals surface area contributed by atoms with Crippen molar-refractivity contribution in [2.45, 2.75) is 11.4 Å². The van der Waals surface area contributed by atoms with Crippen LogP contribution in [0.5, 0.6) is 11.5 Å². The molecule has 0 fully saturated rings. The number of benzene rings is 2. The fraction of sp³-hybridized carbons (Fsp3) is 0.143. The van der Waals surface area contributed by atoms with Crippen LogP contribution in [0, 0.1) is 5.82 Å². The Balaban J connectivity index is 2.41. The van der Waals surface area contributed by atoms with Gasteiger partial charge in [0.2, 0.25) is 0 Å². The fourth-order valence-electron chi connectivity index (χ4n) is 1.71. The summed E-state index contributed by atoms with van der Waals surface area (Å²) >= 11 is 0. The number of nitrogens with two attached hydrogens (primary N) is 1. The SMILES string of the molecule is CS(=O)(=O)c1cccc(Oc2c(F)cccc2CN)c1. The molecule has 2 aromatic carbocycles. The molecule has 106 valence electrons. The molecule has 0 saturated carbocycles. The van der Waals surface area contributed by atoms with E-state index >= 15 is 0 Å². The third-order valence-electron chi connectivity index (χ3n) is 2.72. The van der Waals surface area contributed by atoms with Crippen LogP contribution >= 0.6 is 0 Å². The molecule has 0 heterocycles. The van der Waals surface area contributed by atoms with Crippen molar-refractivity contribution in [1.29, 1.82) is 0 Å². The molecule has 0 aromatic heterocycles. The monoisotopic (exact) mass is 295 g/mol. The Morgan fingerprint density at radius 1 is 1.20 bits per heavy atom. The summed E-state index contributed by atoms with van der Waals surface area (Å²) in [6.07, 6.45) is 1.10. The van der Waals surface area contributed by atoms with E-state index in [1.807, 2.05) is 0 Å². The lowest BCUT2D eigenvalue weighted by Gasteiger charge is -2.11. The molecule has 2 aromatic rings. The van der Waals surface area contributed by atoms with E-state index in [0.717, 1.165) is 6.26 Å². The molecular weight excluding hydrogens is 281 g/mol. The number of halogens is 1. The number of rotatable bonds is 4. The highest BCUT2D eigenvalue weighted by Crippen LogP contribution is 2.29. The largest absolute Gasteiger partial charge is 0.454 e. The summed E-state index contributed by atoms with van der Waals surface area (Å²) < 4.78 is 42.2. The number of hydrogen-bond acceptors (Lipinski definition) is 4. The molecule has 20 heavy (non-hydrogen) atoms. The summed E-state index contributed by atoms with van der Waals surface area (Å²) in [6, 6.07) is 10.3. The van der Waals surface area contributed by atoms with Gasteiger partial charge in [-0.25, -0.2) is 12.8 Å². The summed E-state index contributed by atoms with van der Waals surface area (Å²) in [4.78, 5) is 0.112. The lowest BCUT2D eigenvalue weighted by molar-refractivity contribution is 0.435. The Hall–Kier alpha value is -1.92. The third kappa shape index (κ3) is 3.15. The molecule has 0 bridgehead atoms. The van der Waals surface area contributed by atoms with Crippen molar-refractivity contribution in [2.24, 2.45) is 5.73 Å². The van der Waals surface area contributed by atoms with Crippen LogP contribution in [-0.4, -0.2) is 14.7 Å². The van der Waals surface area contributed by atoms with Crippen molar-refractivity contribution in [3.63, 3.8) is 0 Å². The zero-order valence-corrected chi connectivity index (χ0v) is 11.7. The molecule has 0 spiro atoms. The Labute approximate surface area is 116 Å². The second-order valence-electron chi connectivity index (χ2n) is 4.28. The molecule has 0 aliphatic heterocycles. The molecule has 2 rings (SSSR count). The lowest BCUT2D eigenvalue weighted by atomic mass is 10.2. The molecule has 6 heteroatoms. The zero-order chi connectivity index (χ0) is 14.8. The first-order valence-corrected chi connectivity index (χ1v) is 7.76. The van der Waals surface area contributed by atoms with E-state index in [9.17, 15) is 12.8 Å². The standard InChI is InChI=1S/C14H14FNO3S/c1-20(17,18)12-6-3-5-11(8-12)19-14-10(9-16)4-2-7-13(14)15/h2-8H,9,16H2,1H3. The van der Waals surface area contributed by atoms with E-state index in [2.05, 4.69) is 0 Å². The minimum absolute atomic E-state index is 0.0145. The molecule has 0 amide bonds. The maximum absolute atomic E-state index is 13.8. The second kappa shape index (κ2) is 5.60. The van der Waals surface area contributed by atoms with Gasteiger partial charge in [0.1, 0.15) is 5.75 Å². The smallest absolute Gasteiger partial charge is 0.175 e. The predicted molar refractivity (Wildman–Crippen MR) is 73.9 cm³/mol. The molecule has 0 atom stereocenters. The lowest BCUT2D eigenvalue weighted by Crippen LogP contribution is -2.02. The number of sulfone groups is 1. The second-order valence-corrected chi connectivity index (χ2v) is 6.30. The molecule has 2 N–H and O–H groups in total. The fourth-order valence-corrected chi connectivity index (χ4v) is 2.37. The van der Waals surface area contributed by atoms with Gasteiger partial charge in [-0.1, -0.05) is 18.2 Å². The van der Waals surface area contributed by atoms with Crippen molar-refractivity contribution in [2.75, 3.05) is 6.26 Å². The molecule has 0 aliphatic rings. The van der Waals surface area contributed by atoms with Gasteiger partial charge in [-0.2, -0.15) is 0 Å². The average Bonchev–Trinajstić information content (AvgIpc) is 2.40. The topological polar surface area (TPSA) is 69.4 Å². The van der Waals surface area contributed by atoms with E-state index in [0.29, 0.717) is 5.56 Å². The number of hydrogen-bond donors (Lipinski definition) is 1. The van der Waals surface area contributed by atoms with Crippen molar-refractivity contribution < 1.29 is 17.5 Å². The summed E-state index contributed by atoms with van der Waals surface area (Å²) in [5.74, 6) is -0.286. The van der Waals surface area contributed by atoms with Crippen molar-refractivity contribution in [1.82, 2.24) is 0 Å². The predicted octanol–water partition coefficient (Wildman–Crippen LogP) is 2.48. The highest BCUT2D eigenvalue weighted by molar-refractivity contribution is 7.90. The van der Waals surface area contributed by atoms with Crippen LogP contribution in [0.2, 0.25) is 0 Å². The molecule has 0 radical (unpaired) electrons. The Morgan fingerprint density at radius 3 is 2.55 bits per heavy atom. The van der Waals surface area contributed by atoms with Gasteiger partial charge < -0.3 is 10.5 Å². The summed E-state index contributed by atoms with van der Waals surface area (Å²) in [5.41, 5.74) is 6.04. The van der Waals surface area contributed by atoms with Crippen molar-refractivity contribution in [3.8, 4) is 11.5 Å². The van der Waals surface area contributed by atoms with Gasteiger partial charge in [0.05, 0.1) is 4.90 Å². The first-order valence-electron chi connectivity index (χ1n) is 5.87. The average molecular weight is 295 g/mol. The Kier molecular flexibility index (Phi) is 4.06. The number of para-hydroxylation sites is 1. The summed E-state index contributed by atoms with van der Waals surface area (Å²) in [6.45, 7) is 0.124. The van der Waals surface area contributed by atoms with E-state index in [1.165, 1.54) is 30.3 Å². The molecular formula is C14H14FNO3S. The number of ether oxygens (including phenoxy) is 1. The minimum Gasteiger partial charge on any atom is -0.454 e. The highest BCUT2D eigenvalue weighted by atomic mass is 32.2. The Bertz CT molecular complexity index is 729. The maximum atomic E-state index is 13.8. The van der Waals surface area contributed by atoms with Crippen LogP contribution in [0.1, 0.15) is 5.56 Å². The van der Waals surface area contributed by atoms with Gasteiger partial charge in [0.15, 0.2) is 21.4 Å². The highest BCUT2D eigenvalue weighted by Gasteiger charge is 2.12. The molecule has 4 nitrogen and oxygen atoms in total. The van der Waals surface area contributed by atoms with Gasteiger partial charge in [-0.15, -0.1) is 0 Å². The van der Waals surface area contributed by atoms with E-state index < -0.39 is 15.7 Å². The van der Waals surface area contributed by atoms with E-state index in [-0.39, 0.29) is 22.9 Å². The summed E-state index contributed by atoms with van der Waals surface area (Å²) in [5, 5.41) is 0. The molecule has 0 saturated heterocycles. The molecule has 0 aliphatic carbocycles. The normalized spacial score (nSPS) is 11.3. The zero-order valence-electron chi connectivity index (χ0n) is 10.8. The van der Waals surface area contributed by atoms with Crippen LogP contribution in [0.3, 0.4) is 0 Å². The Morgan fingerprint density at radius 2 is 1.90 bits per heavy atom. The van der Waals surface area contributed by atoms with Gasteiger partial charge in [-0.3, -0.25) is 0 Å². The van der Waals surface area contributed by atoms with Crippen LogP contribution in [0.4, 0.5) is 4.39 Å². The van der Waals surface area contributed by atoms with Crippen LogP contribution in [0.15, 0.2) is 47.4 Å². The first kappa shape index (κ1) is 14.5.